The van der Waals surface area contributed by atoms with Crippen molar-refractivity contribution in [1.82, 2.24) is 9.88 Å². The van der Waals surface area contributed by atoms with Crippen LogP contribution in [-0.4, -0.2) is 21.6 Å². The molecule has 0 aliphatic rings. The predicted molar refractivity (Wildman–Crippen MR) is 163 cm³/mol. The number of nitrogens with one attached hydrogen (secondary N) is 1. The molecule has 2 N–H and O–H groups in total. The van der Waals surface area contributed by atoms with Crippen LogP contribution in [0.4, 0.5) is 4.39 Å². The number of carbonyl (C=O) groups is 2. The van der Waals surface area contributed by atoms with E-state index < -0.39 is 5.97 Å². The van der Waals surface area contributed by atoms with Crippen LogP contribution in [0.1, 0.15) is 59.1 Å². The van der Waals surface area contributed by atoms with E-state index in [2.05, 4.69) is 29.9 Å². The highest BCUT2D eigenvalue weighted by atomic mass is 35.5. The monoisotopic (exact) mass is 586 g/mol. The van der Waals surface area contributed by atoms with Gasteiger partial charge in [-0.2, -0.15) is 0 Å². The van der Waals surface area contributed by atoms with Crippen molar-refractivity contribution in [3.63, 3.8) is 0 Å². The fraction of sp³-hybridized carbons (Fsp3) is 0.152. The third kappa shape index (κ3) is 6.16. The largest absolute Gasteiger partial charge is 0.478 e. The fourth-order valence-electron chi connectivity index (χ4n) is 4.77. The lowest BCUT2D eigenvalue weighted by Crippen LogP contribution is -2.27. The normalized spacial score (nSPS) is 12.0. The maximum Gasteiger partial charge on any atom is 0.335 e. The number of carbonyl (C=O) groups excluding carboxylic acids is 1. The summed E-state index contributed by atoms with van der Waals surface area (Å²) in [6.45, 7) is 6.02. The number of hydrogen-bond donors (Lipinski definition) is 2. The molecule has 208 valence electrons. The molecule has 0 saturated heterocycles. The highest BCUT2D eigenvalue weighted by molar-refractivity contribution is 7.99. The minimum absolute atomic E-state index is 0.109. The van der Waals surface area contributed by atoms with Crippen LogP contribution in [0.25, 0.3) is 22.0 Å². The van der Waals surface area contributed by atoms with Crippen molar-refractivity contribution < 1.29 is 19.1 Å². The van der Waals surface area contributed by atoms with Crippen LogP contribution in [0, 0.1) is 5.82 Å². The molecular formula is C33H28ClFN2O3S. The Morgan fingerprint density at radius 2 is 1.63 bits per heavy atom. The van der Waals surface area contributed by atoms with E-state index in [1.165, 1.54) is 36.0 Å². The molecule has 41 heavy (non-hydrogen) atoms. The van der Waals surface area contributed by atoms with Gasteiger partial charge >= 0.3 is 5.97 Å². The van der Waals surface area contributed by atoms with E-state index in [0.717, 1.165) is 37.4 Å². The molecule has 0 unspecified atom stereocenters. The van der Waals surface area contributed by atoms with Crippen molar-refractivity contribution in [2.24, 2.45) is 0 Å². The first-order valence-corrected chi connectivity index (χ1v) is 14.3. The molecule has 0 spiro atoms. The van der Waals surface area contributed by atoms with Crippen molar-refractivity contribution in [2.75, 3.05) is 0 Å². The van der Waals surface area contributed by atoms with Gasteiger partial charge in [-0.3, -0.25) is 4.79 Å². The smallest absolute Gasteiger partial charge is 0.335 e. The standard InChI is InChI=1S/C33H28ClFN2O3S/c1-19(2)37-18-30(41-27-6-4-5-25(34)17-27)31-28(15-24(16-29(31)37)22-11-13-26(35)14-12-22)32(38)36-20(3)21-7-9-23(10-8-21)33(39)40/h4-20H,1-3H3,(H,36,38)(H,39,40)/t20-/m0/s1. The molecule has 5 rings (SSSR count). The van der Waals surface area contributed by atoms with Gasteiger partial charge in [0, 0.05) is 32.4 Å². The molecule has 1 aromatic heterocycles. The first-order chi connectivity index (χ1) is 19.6. The van der Waals surface area contributed by atoms with Crippen molar-refractivity contribution in [3.05, 3.63) is 119 Å². The third-order valence-electron chi connectivity index (χ3n) is 6.91. The van der Waals surface area contributed by atoms with Crippen molar-refractivity contribution in [2.45, 2.75) is 42.6 Å². The second kappa shape index (κ2) is 11.8. The van der Waals surface area contributed by atoms with Crippen molar-refractivity contribution >= 4 is 46.1 Å². The highest BCUT2D eigenvalue weighted by Gasteiger charge is 2.22. The maximum atomic E-state index is 14.0. The molecule has 1 heterocycles. The Morgan fingerprint density at radius 1 is 0.927 bits per heavy atom. The van der Waals surface area contributed by atoms with E-state index in [0.29, 0.717) is 10.6 Å². The average Bonchev–Trinajstić information content (AvgIpc) is 3.31. The molecule has 8 heteroatoms. The SMILES string of the molecule is CC(C)n1cc(Sc2cccc(Cl)c2)c2c(C(=O)N[C@@H](C)c3ccc(C(=O)O)cc3)cc(-c3ccc(F)cc3)cc21. The number of hydrogen-bond acceptors (Lipinski definition) is 3. The minimum atomic E-state index is -1.01. The number of halogens is 2. The molecule has 4 aromatic carbocycles. The first kappa shape index (κ1) is 28.5. The summed E-state index contributed by atoms with van der Waals surface area (Å²) in [7, 11) is 0. The topological polar surface area (TPSA) is 71.3 Å². The van der Waals surface area contributed by atoms with Crippen LogP contribution in [0.3, 0.4) is 0 Å². The molecule has 0 bridgehead atoms. The van der Waals surface area contributed by atoms with Gasteiger partial charge in [0.05, 0.1) is 22.7 Å². The van der Waals surface area contributed by atoms with Gasteiger partial charge in [0.25, 0.3) is 5.91 Å². The van der Waals surface area contributed by atoms with Crippen molar-refractivity contribution in [1.29, 1.82) is 0 Å². The number of carboxylic acid groups (broad SMARTS) is 1. The maximum absolute atomic E-state index is 14.0. The summed E-state index contributed by atoms with van der Waals surface area (Å²) in [4.78, 5) is 27.1. The first-order valence-electron chi connectivity index (χ1n) is 13.1. The van der Waals surface area contributed by atoms with Gasteiger partial charge in [-0.25, -0.2) is 9.18 Å². The Morgan fingerprint density at radius 3 is 2.27 bits per heavy atom. The highest BCUT2D eigenvalue weighted by Crippen LogP contribution is 2.41. The van der Waals surface area contributed by atoms with Gasteiger partial charge in [-0.1, -0.05) is 53.7 Å². The van der Waals surface area contributed by atoms with E-state index >= 15 is 0 Å². The number of amides is 1. The number of benzene rings is 4. The molecule has 5 aromatic rings. The average molecular weight is 587 g/mol. The molecule has 0 radical (unpaired) electrons. The zero-order valence-corrected chi connectivity index (χ0v) is 24.3. The molecule has 5 nitrogen and oxygen atoms in total. The van der Waals surface area contributed by atoms with E-state index in [4.69, 9.17) is 11.6 Å². The number of rotatable bonds is 8. The molecule has 1 atom stereocenters. The quantitative estimate of drug-likeness (QED) is 0.190. The van der Waals surface area contributed by atoms with Crippen LogP contribution in [-0.2, 0) is 0 Å². The zero-order chi connectivity index (χ0) is 29.3. The Hall–Kier alpha value is -4.07. The number of aromatic carboxylic acids is 1. The lowest BCUT2D eigenvalue weighted by atomic mass is 9.98. The van der Waals surface area contributed by atoms with E-state index in [1.54, 1.807) is 24.3 Å². The number of aromatic nitrogens is 1. The zero-order valence-electron chi connectivity index (χ0n) is 22.7. The van der Waals surface area contributed by atoms with E-state index in [-0.39, 0.29) is 29.4 Å². The van der Waals surface area contributed by atoms with Gasteiger partial charge in [-0.15, -0.1) is 0 Å². The summed E-state index contributed by atoms with van der Waals surface area (Å²) in [5.74, 6) is -1.61. The van der Waals surface area contributed by atoms with Gasteiger partial charge in [0.1, 0.15) is 5.82 Å². The molecule has 0 aliphatic heterocycles. The van der Waals surface area contributed by atoms with Gasteiger partial charge in [-0.05, 0) is 92.1 Å². The summed E-state index contributed by atoms with van der Waals surface area (Å²) in [5.41, 5.74) is 3.91. The molecule has 1 amide bonds. The Labute approximate surface area is 247 Å². The van der Waals surface area contributed by atoms with E-state index in [1.807, 2.05) is 43.3 Å². The van der Waals surface area contributed by atoms with Crippen LogP contribution >= 0.6 is 23.4 Å². The summed E-state index contributed by atoms with van der Waals surface area (Å²) in [6.07, 6.45) is 2.06. The predicted octanol–water partition coefficient (Wildman–Crippen LogP) is 9.02. The number of nitrogens with zero attached hydrogens (tertiary/aromatic N) is 1. The minimum Gasteiger partial charge on any atom is -0.478 e. The molecule has 0 aliphatic carbocycles. The second-order valence-corrected chi connectivity index (χ2v) is 11.7. The Bertz CT molecular complexity index is 1750. The second-order valence-electron chi connectivity index (χ2n) is 10.1. The third-order valence-corrected chi connectivity index (χ3v) is 8.16. The lowest BCUT2D eigenvalue weighted by Gasteiger charge is -2.17. The summed E-state index contributed by atoms with van der Waals surface area (Å²) in [5, 5.41) is 13.8. The van der Waals surface area contributed by atoms with Gasteiger partial charge in [0.2, 0.25) is 0 Å². The molecule has 0 fully saturated rings. The summed E-state index contributed by atoms with van der Waals surface area (Å²) >= 11 is 7.80. The van der Waals surface area contributed by atoms with Gasteiger partial charge < -0.3 is 15.0 Å². The lowest BCUT2D eigenvalue weighted by molar-refractivity contribution is 0.0696. The molecular weight excluding hydrogens is 559 g/mol. The fourth-order valence-corrected chi connectivity index (χ4v) is 6.10. The van der Waals surface area contributed by atoms with Crippen LogP contribution in [0.2, 0.25) is 5.02 Å². The summed E-state index contributed by atoms with van der Waals surface area (Å²) < 4.78 is 15.9. The Kier molecular flexibility index (Phi) is 8.20. The van der Waals surface area contributed by atoms with Crippen LogP contribution in [0.5, 0.6) is 0 Å². The summed E-state index contributed by atoms with van der Waals surface area (Å²) in [6, 6.07) is 23.9. The Balaban J connectivity index is 1.64. The van der Waals surface area contributed by atoms with Crippen molar-refractivity contribution in [3.8, 4) is 11.1 Å². The molecule has 0 saturated carbocycles. The van der Waals surface area contributed by atoms with E-state index in [9.17, 15) is 19.1 Å². The van der Waals surface area contributed by atoms with Crippen LogP contribution < -0.4 is 5.32 Å². The van der Waals surface area contributed by atoms with Crippen LogP contribution in [0.15, 0.2) is 101 Å². The number of fused-ring (bicyclic) bond motifs is 1. The van der Waals surface area contributed by atoms with Gasteiger partial charge in [0.15, 0.2) is 0 Å². The number of carboxylic acids is 1.